The monoisotopic (exact) mass is 348 g/mol. The topological polar surface area (TPSA) is 81.4 Å². The van der Waals surface area contributed by atoms with Gasteiger partial charge in [-0.1, -0.05) is 18.2 Å². The summed E-state index contributed by atoms with van der Waals surface area (Å²) in [6, 6.07) is 11.1. The van der Waals surface area contributed by atoms with E-state index in [-0.39, 0.29) is 31.1 Å². The maximum absolute atomic E-state index is 13.0. The number of rotatable bonds is 8. The van der Waals surface area contributed by atoms with Gasteiger partial charge in [0.25, 0.3) is 5.91 Å². The van der Waals surface area contributed by atoms with Crippen molar-refractivity contribution in [3.63, 3.8) is 0 Å². The van der Waals surface area contributed by atoms with Crippen molar-refractivity contribution in [2.24, 2.45) is 11.7 Å². The van der Waals surface area contributed by atoms with Crippen LogP contribution in [-0.2, 0) is 16.0 Å². The van der Waals surface area contributed by atoms with Crippen molar-refractivity contribution >= 4 is 11.8 Å². The molecule has 5 nitrogen and oxygen atoms in total. The fourth-order valence-corrected chi connectivity index (χ4v) is 2.17. The first kappa shape index (κ1) is 18.4. The molecule has 0 spiro atoms. The molecule has 2 rings (SSSR count). The molecule has 0 bridgehead atoms. The van der Waals surface area contributed by atoms with E-state index in [4.69, 9.17) is 10.5 Å². The molecule has 2 aromatic rings. The standard InChI is InChI=1S/C18H18F2N2O3/c19-14-6-4-12(5-7-14)8-13(18(21)24)10-22-17(23)11-25-16-3-1-2-15(20)9-16/h1-7,9,13H,8,10-11H2,(H2,21,24)(H,22,23)/t13-/m0/s1. The summed E-state index contributed by atoms with van der Waals surface area (Å²) in [5, 5.41) is 2.55. The molecule has 2 aromatic carbocycles. The van der Waals surface area contributed by atoms with Gasteiger partial charge in [-0.05, 0) is 36.2 Å². The lowest BCUT2D eigenvalue weighted by atomic mass is 9.98. The highest BCUT2D eigenvalue weighted by Crippen LogP contribution is 2.12. The number of carbonyl (C=O) groups is 2. The quantitative estimate of drug-likeness (QED) is 0.763. The van der Waals surface area contributed by atoms with Crippen LogP contribution in [0.5, 0.6) is 5.75 Å². The predicted molar refractivity (Wildman–Crippen MR) is 87.7 cm³/mol. The van der Waals surface area contributed by atoms with E-state index < -0.39 is 23.5 Å². The van der Waals surface area contributed by atoms with Gasteiger partial charge in [-0.3, -0.25) is 9.59 Å². The molecule has 0 unspecified atom stereocenters. The van der Waals surface area contributed by atoms with E-state index in [1.807, 2.05) is 0 Å². The van der Waals surface area contributed by atoms with Crippen LogP contribution in [0.15, 0.2) is 48.5 Å². The van der Waals surface area contributed by atoms with Crippen LogP contribution in [0.2, 0.25) is 0 Å². The number of hydrogen-bond donors (Lipinski definition) is 2. The molecule has 2 amide bonds. The van der Waals surface area contributed by atoms with Gasteiger partial charge in [-0.2, -0.15) is 0 Å². The zero-order chi connectivity index (χ0) is 18.2. The van der Waals surface area contributed by atoms with Crippen molar-refractivity contribution in [1.82, 2.24) is 5.32 Å². The Labute approximate surface area is 143 Å². The molecule has 0 radical (unpaired) electrons. The summed E-state index contributed by atoms with van der Waals surface area (Å²) in [6.07, 6.45) is 0.278. The number of amides is 2. The van der Waals surface area contributed by atoms with E-state index in [1.54, 1.807) is 12.1 Å². The number of nitrogens with one attached hydrogen (secondary N) is 1. The smallest absolute Gasteiger partial charge is 0.257 e. The Morgan fingerprint density at radius 2 is 1.80 bits per heavy atom. The number of nitrogens with two attached hydrogens (primary N) is 1. The van der Waals surface area contributed by atoms with Gasteiger partial charge in [0.15, 0.2) is 6.61 Å². The lowest BCUT2D eigenvalue weighted by Crippen LogP contribution is -2.39. The molecule has 0 fully saturated rings. The molecule has 0 aromatic heterocycles. The normalized spacial score (nSPS) is 11.6. The predicted octanol–water partition coefficient (Wildman–Crippen LogP) is 1.80. The zero-order valence-electron chi connectivity index (χ0n) is 13.4. The maximum Gasteiger partial charge on any atom is 0.257 e. The molecule has 0 aliphatic rings. The number of hydrogen-bond acceptors (Lipinski definition) is 3. The first-order valence-electron chi connectivity index (χ1n) is 7.63. The van der Waals surface area contributed by atoms with Gasteiger partial charge in [0, 0.05) is 12.6 Å². The van der Waals surface area contributed by atoms with Crippen LogP contribution in [0.25, 0.3) is 0 Å². The van der Waals surface area contributed by atoms with Crippen molar-refractivity contribution in [3.05, 3.63) is 65.7 Å². The highest BCUT2D eigenvalue weighted by molar-refractivity contribution is 5.80. The molecule has 0 saturated heterocycles. The highest BCUT2D eigenvalue weighted by Gasteiger charge is 2.17. The first-order valence-corrected chi connectivity index (χ1v) is 7.63. The summed E-state index contributed by atoms with van der Waals surface area (Å²) in [4.78, 5) is 23.3. The van der Waals surface area contributed by atoms with E-state index in [0.717, 1.165) is 11.6 Å². The number of primary amides is 1. The van der Waals surface area contributed by atoms with Crippen LogP contribution in [0.4, 0.5) is 8.78 Å². The van der Waals surface area contributed by atoms with Gasteiger partial charge in [-0.15, -0.1) is 0 Å². The molecule has 1 atom stereocenters. The lowest BCUT2D eigenvalue weighted by molar-refractivity contribution is -0.124. The molecular formula is C18H18F2N2O3. The Morgan fingerprint density at radius 3 is 2.44 bits per heavy atom. The average molecular weight is 348 g/mol. The summed E-state index contributed by atoms with van der Waals surface area (Å²) >= 11 is 0. The third-order valence-corrected chi connectivity index (χ3v) is 3.51. The van der Waals surface area contributed by atoms with E-state index in [2.05, 4.69) is 5.32 Å². The number of benzene rings is 2. The second-order valence-corrected chi connectivity index (χ2v) is 5.48. The molecule has 0 aliphatic heterocycles. The van der Waals surface area contributed by atoms with Crippen molar-refractivity contribution < 1.29 is 23.1 Å². The van der Waals surface area contributed by atoms with Crippen molar-refractivity contribution in [3.8, 4) is 5.75 Å². The molecule has 7 heteroatoms. The van der Waals surface area contributed by atoms with Crippen LogP contribution in [0.3, 0.4) is 0 Å². The minimum absolute atomic E-state index is 0.0258. The van der Waals surface area contributed by atoms with Crippen LogP contribution in [0.1, 0.15) is 5.56 Å². The van der Waals surface area contributed by atoms with E-state index in [0.29, 0.717) is 0 Å². The van der Waals surface area contributed by atoms with Gasteiger partial charge >= 0.3 is 0 Å². The van der Waals surface area contributed by atoms with Crippen LogP contribution in [-0.4, -0.2) is 25.0 Å². The minimum Gasteiger partial charge on any atom is -0.484 e. The highest BCUT2D eigenvalue weighted by atomic mass is 19.1. The van der Waals surface area contributed by atoms with Gasteiger partial charge in [0.2, 0.25) is 5.91 Å². The summed E-state index contributed by atoms with van der Waals surface area (Å²) in [5.41, 5.74) is 6.08. The Balaban J connectivity index is 1.82. The second-order valence-electron chi connectivity index (χ2n) is 5.48. The van der Waals surface area contributed by atoms with Gasteiger partial charge < -0.3 is 15.8 Å². The maximum atomic E-state index is 13.0. The van der Waals surface area contributed by atoms with Crippen LogP contribution >= 0.6 is 0 Å². The third kappa shape index (κ3) is 6.21. The summed E-state index contributed by atoms with van der Waals surface area (Å²) in [6.45, 7) is -0.288. The fourth-order valence-electron chi connectivity index (χ4n) is 2.17. The summed E-state index contributed by atoms with van der Waals surface area (Å²) in [7, 11) is 0. The Hall–Kier alpha value is -2.96. The van der Waals surface area contributed by atoms with E-state index in [9.17, 15) is 18.4 Å². The molecule has 25 heavy (non-hydrogen) atoms. The van der Waals surface area contributed by atoms with E-state index in [1.165, 1.54) is 30.3 Å². The number of halogens is 2. The summed E-state index contributed by atoms with van der Waals surface area (Å²) in [5.74, 6) is -2.28. The molecular weight excluding hydrogens is 330 g/mol. The average Bonchev–Trinajstić information content (AvgIpc) is 2.58. The largest absolute Gasteiger partial charge is 0.484 e. The molecule has 3 N–H and O–H groups in total. The van der Waals surface area contributed by atoms with E-state index >= 15 is 0 Å². The SMILES string of the molecule is NC(=O)[C@H](CNC(=O)COc1cccc(F)c1)Cc1ccc(F)cc1. The van der Waals surface area contributed by atoms with Gasteiger partial charge in [0.1, 0.15) is 17.4 Å². The molecule has 0 saturated carbocycles. The fraction of sp³-hybridized carbons (Fsp3) is 0.222. The van der Waals surface area contributed by atoms with Crippen molar-refractivity contribution in [2.45, 2.75) is 6.42 Å². The zero-order valence-corrected chi connectivity index (χ0v) is 13.4. The van der Waals surface area contributed by atoms with Crippen LogP contribution < -0.4 is 15.8 Å². The lowest BCUT2D eigenvalue weighted by Gasteiger charge is -2.15. The van der Waals surface area contributed by atoms with Gasteiger partial charge in [0.05, 0.1) is 5.92 Å². The summed E-state index contributed by atoms with van der Waals surface area (Å²) < 4.78 is 31.1. The Kier molecular flexibility index (Phi) is 6.45. The molecule has 132 valence electrons. The van der Waals surface area contributed by atoms with Crippen LogP contribution in [0, 0.1) is 17.6 Å². The van der Waals surface area contributed by atoms with Crippen molar-refractivity contribution in [2.75, 3.05) is 13.2 Å². The third-order valence-electron chi connectivity index (χ3n) is 3.51. The number of carbonyl (C=O) groups excluding carboxylic acids is 2. The number of ether oxygens (including phenoxy) is 1. The molecule has 0 heterocycles. The van der Waals surface area contributed by atoms with Crippen molar-refractivity contribution in [1.29, 1.82) is 0 Å². The second kappa shape index (κ2) is 8.77. The van der Waals surface area contributed by atoms with Gasteiger partial charge in [-0.25, -0.2) is 8.78 Å². The Bertz CT molecular complexity index is 735. The minimum atomic E-state index is -0.636. The Morgan fingerprint density at radius 1 is 1.08 bits per heavy atom. The molecule has 0 aliphatic carbocycles. The first-order chi connectivity index (χ1) is 11.9.